The van der Waals surface area contributed by atoms with E-state index in [9.17, 15) is 10.1 Å². The van der Waals surface area contributed by atoms with Crippen LogP contribution in [0.2, 0.25) is 0 Å². The first-order valence-electron chi connectivity index (χ1n) is 7.34. The van der Waals surface area contributed by atoms with Gasteiger partial charge in [0.2, 0.25) is 6.17 Å². The average Bonchev–Trinajstić information content (AvgIpc) is 2.61. The Bertz CT molecular complexity index is 793. The normalized spacial score (nSPS) is 16.1. The molecule has 114 valence electrons. The molecule has 0 saturated heterocycles. The van der Waals surface area contributed by atoms with E-state index in [1.165, 1.54) is 4.90 Å². The van der Waals surface area contributed by atoms with Gasteiger partial charge in [0.05, 0.1) is 18.0 Å². The maximum Gasteiger partial charge on any atom is 0.416 e. The predicted octanol–water partition coefficient (Wildman–Crippen LogP) is 3.35. The molecule has 0 spiro atoms. The predicted molar refractivity (Wildman–Crippen MR) is 87.4 cm³/mol. The van der Waals surface area contributed by atoms with Crippen LogP contribution >= 0.6 is 0 Å². The van der Waals surface area contributed by atoms with Gasteiger partial charge in [0.15, 0.2) is 0 Å². The molecule has 0 fully saturated rings. The largest absolute Gasteiger partial charge is 0.449 e. The fraction of sp³-hybridized carbons (Fsp3) is 0.167. The highest BCUT2D eigenvalue weighted by Gasteiger charge is 2.33. The van der Waals surface area contributed by atoms with Crippen LogP contribution in [0.25, 0.3) is 0 Å². The van der Waals surface area contributed by atoms with Gasteiger partial charge < -0.3 is 4.74 Å². The van der Waals surface area contributed by atoms with Crippen molar-refractivity contribution in [2.45, 2.75) is 13.1 Å². The van der Waals surface area contributed by atoms with Gasteiger partial charge in [-0.05, 0) is 13.0 Å². The Hall–Kier alpha value is -3.13. The molecule has 23 heavy (non-hydrogen) atoms. The maximum absolute atomic E-state index is 12.3. The van der Waals surface area contributed by atoms with Gasteiger partial charge in [0.1, 0.15) is 6.07 Å². The lowest BCUT2D eigenvalue weighted by Gasteiger charge is -2.31. The topological polar surface area (TPSA) is 65.7 Å². The molecule has 0 radical (unpaired) electrons. The van der Waals surface area contributed by atoms with Crippen molar-refractivity contribution in [3.05, 3.63) is 65.7 Å². The van der Waals surface area contributed by atoms with Crippen molar-refractivity contribution in [3.63, 3.8) is 0 Å². The third-order valence-corrected chi connectivity index (χ3v) is 3.54. The standard InChI is InChI=1S/C18H15N3O2/c1-2-23-18(22)21-15-11-7-6-10-14(15)17(20-16(21)12-19)13-8-4-3-5-9-13/h3-11,16H,2H2,1H3. The summed E-state index contributed by atoms with van der Waals surface area (Å²) in [6.07, 6.45) is -1.51. The molecule has 1 amide bonds. The van der Waals surface area contributed by atoms with Gasteiger partial charge in [-0.15, -0.1) is 0 Å². The van der Waals surface area contributed by atoms with Gasteiger partial charge in [-0.3, -0.25) is 0 Å². The summed E-state index contributed by atoms with van der Waals surface area (Å²) in [7, 11) is 0. The summed E-state index contributed by atoms with van der Waals surface area (Å²) in [5.41, 5.74) is 3.04. The number of nitriles is 1. The molecule has 0 N–H and O–H groups in total. The molecule has 2 aromatic rings. The van der Waals surface area contributed by atoms with Gasteiger partial charge in [-0.25, -0.2) is 14.7 Å². The SMILES string of the molecule is CCOC(=O)N1c2ccccc2C(c2ccccc2)=NC1C#N. The van der Waals surface area contributed by atoms with Crippen molar-refractivity contribution in [1.29, 1.82) is 5.26 Å². The Kier molecular flexibility index (Phi) is 4.07. The summed E-state index contributed by atoms with van der Waals surface area (Å²) in [5, 5.41) is 9.46. The molecular formula is C18H15N3O2. The van der Waals surface area contributed by atoms with E-state index in [1.807, 2.05) is 48.5 Å². The second-order valence-corrected chi connectivity index (χ2v) is 4.93. The van der Waals surface area contributed by atoms with E-state index in [0.717, 1.165) is 11.1 Å². The van der Waals surface area contributed by atoms with Crippen molar-refractivity contribution in [2.75, 3.05) is 11.5 Å². The van der Waals surface area contributed by atoms with Gasteiger partial charge >= 0.3 is 6.09 Å². The summed E-state index contributed by atoms with van der Waals surface area (Å²) in [5.74, 6) is 0. The summed E-state index contributed by atoms with van der Waals surface area (Å²) >= 11 is 0. The van der Waals surface area contributed by atoms with Crippen LogP contribution < -0.4 is 4.90 Å². The number of carbonyl (C=O) groups is 1. The quantitative estimate of drug-likeness (QED) is 0.854. The zero-order valence-corrected chi connectivity index (χ0v) is 12.6. The number of aliphatic imine (C=N–C) groups is 1. The Balaban J connectivity index is 2.15. The Labute approximate surface area is 134 Å². The lowest BCUT2D eigenvalue weighted by molar-refractivity contribution is 0.158. The second kappa shape index (κ2) is 6.32. The van der Waals surface area contributed by atoms with Crippen LogP contribution in [0, 0.1) is 11.3 Å². The molecule has 2 aromatic carbocycles. The van der Waals surface area contributed by atoms with Crippen LogP contribution in [-0.4, -0.2) is 24.6 Å². The van der Waals surface area contributed by atoms with Crippen LogP contribution in [0.4, 0.5) is 10.5 Å². The molecule has 0 saturated carbocycles. The molecule has 1 heterocycles. The lowest BCUT2D eigenvalue weighted by atomic mass is 9.98. The minimum absolute atomic E-state index is 0.241. The van der Waals surface area contributed by atoms with Crippen molar-refractivity contribution in [2.24, 2.45) is 4.99 Å². The van der Waals surface area contributed by atoms with Crippen LogP contribution in [0.15, 0.2) is 59.6 Å². The van der Waals surface area contributed by atoms with E-state index in [-0.39, 0.29) is 6.61 Å². The molecular weight excluding hydrogens is 290 g/mol. The number of amides is 1. The molecule has 5 nitrogen and oxygen atoms in total. The van der Waals surface area contributed by atoms with Crippen molar-refractivity contribution in [3.8, 4) is 6.07 Å². The van der Waals surface area contributed by atoms with Crippen LogP contribution in [0.5, 0.6) is 0 Å². The van der Waals surface area contributed by atoms with E-state index in [0.29, 0.717) is 11.4 Å². The first-order chi connectivity index (χ1) is 11.3. The average molecular weight is 305 g/mol. The Morgan fingerprint density at radius 3 is 2.61 bits per heavy atom. The van der Waals surface area contributed by atoms with Gasteiger partial charge in [0, 0.05) is 11.1 Å². The number of ether oxygens (including phenoxy) is 1. The molecule has 1 atom stereocenters. The summed E-state index contributed by atoms with van der Waals surface area (Å²) < 4.78 is 5.08. The first kappa shape index (κ1) is 14.8. The molecule has 1 unspecified atom stereocenters. The molecule has 3 rings (SSSR count). The number of anilines is 1. The first-order valence-corrected chi connectivity index (χ1v) is 7.34. The number of fused-ring (bicyclic) bond motifs is 1. The Morgan fingerprint density at radius 1 is 1.22 bits per heavy atom. The zero-order chi connectivity index (χ0) is 16.2. The number of benzene rings is 2. The van der Waals surface area contributed by atoms with Gasteiger partial charge in [-0.1, -0.05) is 48.5 Å². The number of hydrogen-bond donors (Lipinski definition) is 0. The van der Waals surface area contributed by atoms with E-state index < -0.39 is 12.3 Å². The molecule has 1 aliphatic rings. The number of para-hydroxylation sites is 1. The van der Waals surface area contributed by atoms with Crippen molar-refractivity contribution in [1.82, 2.24) is 0 Å². The summed E-state index contributed by atoms with van der Waals surface area (Å²) in [6.45, 7) is 1.97. The summed E-state index contributed by atoms with van der Waals surface area (Å²) in [6, 6.07) is 19.1. The van der Waals surface area contributed by atoms with Crippen molar-refractivity contribution < 1.29 is 9.53 Å². The number of rotatable bonds is 2. The third-order valence-electron chi connectivity index (χ3n) is 3.54. The summed E-state index contributed by atoms with van der Waals surface area (Å²) in [4.78, 5) is 18.0. The molecule has 1 aliphatic heterocycles. The minimum atomic E-state index is -0.945. The monoisotopic (exact) mass is 305 g/mol. The highest BCUT2D eigenvalue weighted by molar-refractivity contribution is 6.18. The minimum Gasteiger partial charge on any atom is -0.449 e. The Morgan fingerprint density at radius 2 is 1.91 bits per heavy atom. The molecule has 0 bridgehead atoms. The zero-order valence-electron chi connectivity index (χ0n) is 12.6. The number of carbonyl (C=O) groups excluding carboxylic acids is 1. The van der Waals surface area contributed by atoms with E-state index in [1.54, 1.807) is 13.0 Å². The van der Waals surface area contributed by atoms with Crippen LogP contribution in [-0.2, 0) is 4.74 Å². The fourth-order valence-corrected chi connectivity index (χ4v) is 2.57. The third kappa shape index (κ3) is 2.67. The smallest absolute Gasteiger partial charge is 0.416 e. The van der Waals surface area contributed by atoms with Crippen LogP contribution in [0.3, 0.4) is 0 Å². The highest BCUT2D eigenvalue weighted by atomic mass is 16.6. The number of nitrogens with zero attached hydrogens (tertiary/aromatic N) is 3. The second-order valence-electron chi connectivity index (χ2n) is 4.93. The van der Waals surface area contributed by atoms with Gasteiger partial charge in [0.25, 0.3) is 0 Å². The lowest BCUT2D eigenvalue weighted by Crippen LogP contribution is -2.43. The number of hydrogen-bond acceptors (Lipinski definition) is 4. The molecule has 5 heteroatoms. The highest BCUT2D eigenvalue weighted by Crippen LogP contribution is 2.31. The fourth-order valence-electron chi connectivity index (χ4n) is 2.57. The molecule has 0 aliphatic carbocycles. The molecule has 0 aromatic heterocycles. The van der Waals surface area contributed by atoms with E-state index in [4.69, 9.17) is 4.74 Å². The van der Waals surface area contributed by atoms with Gasteiger partial charge in [-0.2, -0.15) is 5.26 Å². The van der Waals surface area contributed by atoms with Crippen LogP contribution in [0.1, 0.15) is 18.1 Å². The maximum atomic E-state index is 12.3. The van der Waals surface area contributed by atoms with Crippen molar-refractivity contribution >= 4 is 17.5 Å². The van der Waals surface area contributed by atoms with E-state index >= 15 is 0 Å². The van der Waals surface area contributed by atoms with E-state index in [2.05, 4.69) is 11.1 Å².